The predicted octanol–water partition coefficient (Wildman–Crippen LogP) is 5.48. The van der Waals surface area contributed by atoms with Gasteiger partial charge in [0.1, 0.15) is 0 Å². The Morgan fingerprint density at radius 1 is 1.00 bits per heavy atom. The third-order valence-corrected chi connectivity index (χ3v) is 6.01. The summed E-state index contributed by atoms with van der Waals surface area (Å²) in [6.07, 6.45) is 2.98. The molecule has 1 atom stereocenters. The molecular formula is C24H21ClN4O. The number of fused-ring (bicyclic) bond motifs is 2. The summed E-state index contributed by atoms with van der Waals surface area (Å²) in [5.74, 6) is 1.80. The van der Waals surface area contributed by atoms with Gasteiger partial charge in [-0.05, 0) is 53.6 Å². The molecule has 2 aromatic heterocycles. The number of benzene rings is 2. The standard InChI is InChI=1S/C24H21ClN4O/c1-14(2)15-3-5-16(6-4-15)18-11-21-20(22(30)12-18)13-29-24(26-21)27-23(28-29)17-7-9-19(25)10-8-17/h3-10,13-14,18H,11-12H2,1-2H3/t18-/m0/s1. The normalized spacial score (nSPS) is 16.3. The highest BCUT2D eigenvalue weighted by atomic mass is 35.5. The van der Waals surface area contributed by atoms with Crippen LogP contribution >= 0.6 is 11.6 Å². The van der Waals surface area contributed by atoms with Crippen LogP contribution in [0.25, 0.3) is 17.2 Å². The number of rotatable bonds is 3. The van der Waals surface area contributed by atoms with E-state index in [2.05, 4.69) is 48.2 Å². The first-order valence-electron chi connectivity index (χ1n) is 10.1. The quantitative estimate of drug-likeness (QED) is 0.443. The molecule has 0 aliphatic heterocycles. The van der Waals surface area contributed by atoms with Gasteiger partial charge in [-0.3, -0.25) is 4.79 Å². The third-order valence-electron chi connectivity index (χ3n) is 5.76. The lowest BCUT2D eigenvalue weighted by atomic mass is 9.81. The van der Waals surface area contributed by atoms with E-state index in [1.165, 1.54) is 11.1 Å². The maximum Gasteiger partial charge on any atom is 0.252 e. The molecule has 30 heavy (non-hydrogen) atoms. The van der Waals surface area contributed by atoms with Crippen molar-refractivity contribution in [2.45, 2.75) is 38.5 Å². The Morgan fingerprint density at radius 3 is 2.43 bits per heavy atom. The number of aromatic nitrogens is 4. The van der Waals surface area contributed by atoms with Crippen molar-refractivity contribution in [1.29, 1.82) is 0 Å². The first-order chi connectivity index (χ1) is 14.5. The zero-order valence-electron chi connectivity index (χ0n) is 16.8. The van der Waals surface area contributed by atoms with E-state index in [4.69, 9.17) is 16.6 Å². The van der Waals surface area contributed by atoms with Crippen molar-refractivity contribution in [3.8, 4) is 11.4 Å². The summed E-state index contributed by atoms with van der Waals surface area (Å²) in [4.78, 5) is 22.1. The Hall–Kier alpha value is -3.05. The van der Waals surface area contributed by atoms with E-state index in [0.717, 1.165) is 17.7 Å². The molecule has 2 aromatic carbocycles. The fourth-order valence-electron chi connectivity index (χ4n) is 3.99. The van der Waals surface area contributed by atoms with Crippen LogP contribution in [-0.4, -0.2) is 25.4 Å². The Morgan fingerprint density at radius 2 is 1.73 bits per heavy atom. The third kappa shape index (κ3) is 3.39. The molecule has 0 radical (unpaired) electrons. The molecule has 0 saturated carbocycles. The summed E-state index contributed by atoms with van der Waals surface area (Å²) in [7, 11) is 0. The van der Waals surface area contributed by atoms with Gasteiger partial charge in [-0.2, -0.15) is 4.98 Å². The van der Waals surface area contributed by atoms with E-state index in [1.807, 2.05) is 12.1 Å². The SMILES string of the molecule is CC(C)c1ccc([C@@H]2CC(=O)c3cn4nc(-c5ccc(Cl)cc5)nc4nc3C2)cc1. The lowest BCUT2D eigenvalue weighted by Crippen LogP contribution is -2.21. The van der Waals surface area contributed by atoms with Crippen LogP contribution in [0.1, 0.15) is 59.3 Å². The number of halogens is 1. The molecule has 2 heterocycles. The molecule has 4 aromatic rings. The van der Waals surface area contributed by atoms with Gasteiger partial charge in [0.15, 0.2) is 11.6 Å². The molecule has 1 aliphatic carbocycles. The van der Waals surface area contributed by atoms with Crippen molar-refractivity contribution < 1.29 is 4.79 Å². The molecule has 150 valence electrons. The maximum atomic E-state index is 12.9. The number of ketones is 1. The van der Waals surface area contributed by atoms with E-state index in [-0.39, 0.29) is 11.7 Å². The number of Topliss-reactive ketones (excluding diaryl/α,β-unsaturated/α-hetero) is 1. The Kier molecular flexibility index (Phi) is 4.63. The van der Waals surface area contributed by atoms with Gasteiger partial charge in [-0.1, -0.05) is 49.7 Å². The van der Waals surface area contributed by atoms with E-state index in [0.29, 0.717) is 34.5 Å². The lowest BCUT2D eigenvalue weighted by Gasteiger charge is -2.23. The molecule has 0 fully saturated rings. The van der Waals surface area contributed by atoms with Gasteiger partial charge >= 0.3 is 0 Å². The van der Waals surface area contributed by atoms with Crippen molar-refractivity contribution in [1.82, 2.24) is 19.6 Å². The van der Waals surface area contributed by atoms with Gasteiger partial charge in [0.2, 0.25) is 0 Å². The molecular weight excluding hydrogens is 396 g/mol. The van der Waals surface area contributed by atoms with Crippen molar-refractivity contribution in [3.63, 3.8) is 0 Å². The first kappa shape index (κ1) is 18.9. The zero-order valence-corrected chi connectivity index (χ0v) is 17.6. The molecule has 0 bridgehead atoms. The van der Waals surface area contributed by atoms with Crippen LogP contribution in [0, 0.1) is 0 Å². The second-order valence-electron chi connectivity index (χ2n) is 8.14. The largest absolute Gasteiger partial charge is 0.294 e. The van der Waals surface area contributed by atoms with Gasteiger partial charge in [-0.15, -0.1) is 5.10 Å². The highest BCUT2D eigenvalue weighted by Gasteiger charge is 2.28. The number of nitrogens with zero attached hydrogens (tertiary/aromatic N) is 4. The van der Waals surface area contributed by atoms with Crippen LogP contribution in [0.2, 0.25) is 5.02 Å². The number of carbonyl (C=O) groups excluding carboxylic acids is 1. The molecule has 0 amide bonds. The molecule has 0 N–H and O–H groups in total. The number of hydrogen-bond acceptors (Lipinski definition) is 4. The second kappa shape index (κ2) is 7.33. The molecule has 5 rings (SSSR count). The fraction of sp³-hybridized carbons (Fsp3) is 0.250. The molecule has 1 aliphatic rings. The van der Waals surface area contributed by atoms with E-state index in [1.54, 1.807) is 22.8 Å². The Bertz CT molecular complexity index is 1240. The van der Waals surface area contributed by atoms with E-state index >= 15 is 0 Å². The topological polar surface area (TPSA) is 60.2 Å². The van der Waals surface area contributed by atoms with Crippen LogP contribution in [0.15, 0.2) is 54.7 Å². The fourth-order valence-corrected chi connectivity index (χ4v) is 4.12. The lowest BCUT2D eigenvalue weighted by molar-refractivity contribution is 0.0962. The van der Waals surface area contributed by atoms with Gasteiger partial charge in [0, 0.05) is 23.2 Å². The average Bonchev–Trinajstić information content (AvgIpc) is 3.16. The van der Waals surface area contributed by atoms with Gasteiger partial charge in [0.05, 0.1) is 11.3 Å². The summed E-state index contributed by atoms with van der Waals surface area (Å²) in [5, 5.41) is 5.17. The molecule has 0 saturated heterocycles. The predicted molar refractivity (Wildman–Crippen MR) is 117 cm³/mol. The number of hydrogen-bond donors (Lipinski definition) is 0. The summed E-state index contributed by atoms with van der Waals surface area (Å²) >= 11 is 5.97. The minimum atomic E-state index is 0.104. The van der Waals surface area contributed by atoms with Crippen molar-refractivity contribution >= 4 is 23.2 Å². The highest BCUT2D eigenvalue weighted by Crippen LogP contribution is 2.33. The highest BCUT2D eigenvalue weighted by molar-refractivity contribution is 6.30. The molecule has 0 unspecified atom stereocenters. The van der Waals surface area contributed by atoms with E-state index in [9.17, 15) is 4.79 Å². The van der Waals surface area contributed by atoms with Crippen LogP contribution in [-0.2, 0) is 6.42 Å². The summed E-state index contributed by atoms with van der Waals surface area (Å²) in [6, 6.07) is 16.0. The summed E-state index contributed by atoms with van der Waals surface area (Å²) in [5.41, 5.74) is 4.79. The Balaban J connectivity index is 1.49. The molecule has 5 nitrogen and oxygen atoms in total. The minimum absolute atomic E-state index is 0.104. The van der Waals surface area contributed by atoms with Gasteiger partial charge in [0.25, 0.3) is 5.78 Å². The maximum absolute atomic E-state index is 12.9. The van der Waals surface area contributed by atoms with Gasteiger partial charge < -0.3 is 0 Å². The minimum Gasteiger partial charge on any atom is -0.294 e. The molecule has 6 heteroatoms. The van der Waals surface area contributed by atoms with Crippen molar-refractivity contribution in [3.05, 3.63) is 82.1 Å². The monoisotopic (exact) mass is 416 g/mol. The first-order valence-corrected chi connectivity index (χ1v) is 10.5. The smallest absolute Gasteiger partial charge is 0.252 e. The second-order valence-corrected chi connectivity index (χ2v) is 8.57. The van der Waals surface area contributed by atoms with Crippen LogP contribution in [0.5, 0.6) is 0 Å². The van der Waals surface area contributed by atoms with Crippen molar-refractivity contribution in [2.75, 3.05) is 0 Å². The number of carbonyl (C=O) groups is 1. The van der Waals surface area contributed by atoms with E-state index < -0.39 is 0 Å². The summed E-state index contributed by atoms with van der Waals surface area (Å²) < 4.78 is 1.60. The summed E-state index contributed by atoms with van der Waals surface area (Å²) in [6.45, 7) is 4.36. The van der Waals surface area contributed by atoms with Crippen molar-refractivity contribution in [2.24, 2.45) is 0 Å². The van der Waals surface area contributed by atoms with Crippen LogP contribution in [0.3, 0.4) is 0 Å². The Labute approximate surface area is 179 Å². The van der Waals surface area contributed by atoms with Gasteiger partial charge in [-0.25, -0.2) is 9.50 Å². The zero-order chi connectivity index (χ0) is 20.8. The average molecular weight is 417 g/mol. The van der Waals surface area contributed by atoms with Crippen LogP contribution < -0.4 is 0 Å². The molecule has 0 spiro atoms. The van der Waals surface area contributed by atoms with Crippen LogP contribution in [0.4, 0.5) is 0 Å².